The first kappa shape index (κ1) is 23.8. The van der Waals surface area contributed by atoms with Crippen molar-refractivity contribution in [3.05, 3.63) is 77.0 Å². The number of carbonyl (C=O) groups excluding carboxylic acids is 1. The highest BCUT2D eigenvalue weighted by molar-refractivity contribution is 6.38. The first-order valence-corrected chi connectivity index (χ1v) is 9.82. The highest BCUT2D eigenvalue weighted by atomic mass is 35.5. The van der Waals surface area contributed by atoms with Gasteiger partial charge in [-0.3, -0.25) is 14.7 Å². The molecule has 0 aromatic heterocycles. The number of carboxylic acid groups (broad SMARTS) is 2. The topological polar surface area (TPSA) is 160 Å². The second kappa shape index (κ2) is 9.74. The summed E-state index contributed by atoms with van der Waals surface area (Å²) in [6, 6.07) is 15.1. The van der Waals surface area contributed by atoms with E-state index in [1.807, 2.05) is 48.5 Å². The van der Waals surface area contributed by atoms with Gasteiger partial charge in [-0.15, -0.1) is 0 Å². The molecule has 0 aliphatic carbocycles. The van der Waals surface area contributed by atoms with E-state index in [1.54, 1.807) is 4.90 Å². The molecule has 2 aliphatic heterocycles. The van der Waals surface area contributed by atoms with Crippen LogP contribution in [-0.2, 0) is 14.4 Å². The standard InChI is InChI=1S/C18H12ClN3O.C4H6O6/c1-11-18-20-10-16(23)22(18)15-9-5-3-7-13(15)17(21-11)12-6-2-4-8-14(12)19;5-1(3(7)8)2(6)4(9)10/h2-9H,1,10H2;1-2,5-6H,(H,7,8)(H,9,10). The molecule has 170 valence electrons. The maximum absolute atomic E-state index is 12.3. The molecule has 4 rings (SSSR count). The molecule has 33 heavy (non-hydrogen) atoms. The van der Waals surface area contributed by atoms with Gasteiger partial charge in [0.1, 0.15) is 6.54 Å². The largest absolute Gasteiger partial charge is 0.479 e. The number of anilines is 1. The number of carbonyl (C=O) groups is 3. The zero-order valence-electron chi connectivity index (χ0n) is 16.9. The third-order valence-corrected chi connectivity index (χ3v) is 4.99. The van der Waals surface area contributed by atoms with E-state index in [2.05, 4.69) is 16.6 Å². The molecular weight excluding hydrogens is 454 g/mol. The molecule has 2 aromatic carbocycles. The fourth-order valence-electron chi connectivity index (χ4n) is 3.11. The van der Waals surface area contributed by atoms with E-state index in [0.717, 1.165) is 16.8 Å². The summed E-state index contributed by atoms with van der Waals surface area (Å²) in [4.78, 5) is 42.3. The highest BCUT2D eigenvalue weighted by Gasteiger charge is 2.34. The van der Waals surface area contributed by atoms with E-state index in [-0.39, 0.29) is 12.5 Å². The number of rotatable bonds is 4. The number of carboxylic acids is 2. The van der Waals surface area contributed by atoms with Crippen molar-refractivity contribution in [2.75, 3.05) is 11.4 Å². The number of aliphatic hydroxyl groups is 2. The predicted octanol–water partition coefficient (Wildman–Crippen LogP) is 1.33. The van der Waals surface area contributed by atoms with Gasteiger partial charge in [-0.2, -0.15) is 0 Å². The first-order valence-electron chi connectivity index (χ1n) is 9.45. The summed E-state index contributed by atoms with van der Waals surface area (Å²) in [5.74, 6) is -3.11. The number of nitrogens with zero attached hydrogens (tertiary/aromatic N) is 3. The average Bonchev–Trinajstić information content (AvgIpc) is 3.12. The van der Waals surface area contributed by atoms with E-state index >= 15 is 0 Å². The van der Waals surface area contributed by atoms with Gasteiger partial charge in [0, 0.05) is 16.1 Å². The van der Waals surface area contributed by atoms with Crippen LogP contribution in [0.15, 0.2) is 70.8 Å². The monoisotopic (exact) mass is 471 g/mol. The molecule has 4 N–H and O–H groups in total. The van der Waals surface area contributed by atoms with Gasteiger partial charge in [-0.05, 0) is 12.1 Å². The molecule has 0 fully saturated rings. The molecule has 2 atom stereocenters. The molecule has 2 aliphatic rings. The van der Waals surface area contributed by atoms with Crippen LogP contribution in [0, 0.1) is 0 Å². The van der Waals surface area contributed by atoms with E-state index < -0.39 is 24.1 Å². The van der Waals surface area contributed by atoms with Crippen LogP contribution < -0.4 is 4.90 Å². The molecule has 1 amide bonds. The summed E-state index contributed by atoms with van der Waals surface area (Å²) < 4.78 is 0. The van der Waals surface area contributed by atoms with E-state index in [9.17, 15) is 14.4 Å². The maximum Gasteiger partial charge on any atom is 0.335 e. The van der Waals surface area contributed by atoms with Crippen LogP contribution in [0.1, 0.15) is 11.1 Å². The lowest BCUT2D eigenvalue weighted by Gasteiger charge is -2.18. The Hall–Kier alpha value is -3.86. The first-order chi connectivity index (χ1) is 15.6. The third-order valence-electron chi connectivity index (χ3n) is 4.66. The molecule has 0 spiro atoms. The van der Waals surface area contributed by atoms with Gasteiger partial charge in [0.25, 0.3) is 5.91 Å². The minimum atomic E-state index is -2.27. The summed E-state index contributed by atoms with van der Waals surface area (Å²) in [7, 11) is 0. The predicted molar refractivity (Wildman–Crippen MR) is 120 cm³/mol. The van der Waals surface area contributed by atoms with Gasteiger partial charge in [-0.25, -0.2) is 14.6 Å². The van der Waals surface area contributed by atoms with Crippen LogP contribution >= 0.6 is 11.6 Å². The summed E-state index contributed by atoms with van der Waals surface area (Å²) in [6.45, 7) is 4.11. The lowest BCUT2D eigenvalue weighted by molar-refractivity contribution is -0.165. The van der Waals surface area contributed by atoms with Gasteiger partial charge in [0.2, 0.25) is 0 Å². The van der Waals surface area contributed by atoms with E-state index in [1.165, 1.54) is 0 Å². The summed E-state index contributed by atoms with van der Waals surface area (Å²) in [5, 5.41) is 33.1. The van der Waals surface area contributed by atoms with Crippen molar-refractivity contribution in [3.63, 3.8) is 0 Å². The molecular formula is C22H18ClN3O7. The van der Waals surface area contributed by atoms with Crippen LogP contribution in [0.4, 0.5) is 5.69 Å². The Morgan fingerprint density at radius 2 is 1.52 bits per heavy atom. The van der Waals surface area contributed by atoms with E-state index in [4.69, 9.17) is 32.0 Å². The fraction of sp³-hybridized carbons (Fsp3) is 0.136. The Morgan fingerprint density at radius 3 is 2.09 bits per heavy atom. The zero-order valence-corrected chi connectivity index (χ0v) is 17.7. The van der Waals surface area contributed by atoms with Crippen LogP contribution in [0.3, 0.4) is 0 Å². The fourth-order valence-corrected chi connectivity index (χ4v) is 3.34. The molecule has 0 bridgehead atoms. The van der Waals surface area contributed by atoms with Crippen molar-refractivity contribution in [1.82, 2.24) is 0 Å². The van der Waals surface area contributed by atoms with Crippen molar-refractivity contribution in [1.29, 1.82) is 0 Å². The minimum Gasteiger partial charge on any atom is -0.479 e. The number of aliphatic carboxylic acids is 2. The molecule has 10 nitrogen and oxygen atoms in total. The maximum atomic E-state index is 12.3. The molecule has 2 heterocycles. The number of para-hydroxylation sites is 1. The second-order valence-electron chi connectivity index (χ2n) is 6.84. The summed E-state index contributed by atoms with van der Waals surface area (Å²) in [6.07, 6.45) is -4.53. The number of benzene rings is 2. The number of hydrogen-bond donors (Lipinski definition) is 4. The molecule has 2 unspecified atom stereocenters. The number of amides is 1. The number of halogens is 1. The number of fused-ring (bicyclic) bond motifs is 3. The number of hydrogen-bond acceptors (Lipinski definition) is 7. The van der Waals surface area contributed by atoms with Crippen molar-refractivity contribution >= 4 is 46.7 Å². The van der Waals surface area contributed by atoms with Gasteiger partial charge >= 0.3 is 11.9 Å². The summed E-state index contributed by atoms with van der Waals surface area (Å²) >= 11 is 6.35. The Labute approximate surface area is 192 Å². The van der Waals surface area contributed by atoms with Gasteiger partial charge in [-0.1, -0.05) is 54.6 Å². The lowest BCUT2D eigenvalue weighted by atomic mass is 10.00. The Kier molecular flexibility index (Phi) is 7.02. The van der Waals surface area contributed by atoms with Crippen LogP contribution in [0.2, 0.25) is 5.02 Å². The SMILES string of the molecule is C=C1N=C(c2ccccc2Cl)c2ccccc2N2C(=O)CN=C12.O=C(O)C(O)C(O)C(=O)O. The molecule has 0 radical (unpaired) electrons. The van der Waals surface area contributed by atoms with Crippen molar-refractivity contribution < 1.29 is 34.8 Å². The number of aliphatic hydroxyl groups excluding tert-OH is 2. The van der Waals surface area contributed by atoms with Gasteiger partial charge < -0.3 is 20.4 Å². The average molecular weight is 472 g/mol. The van der Waals surface area contributed by atoms with Crippen LogP contribution in [0.25, 0.3) is 0 Å². The molecule has 0 saturated carbocycles. The number of amidine groups is 1. The summed E-state index contributed by atoms with van der Waals surface area (Å²) in [5.41, 5.74) is 3.55. The van der Waals surface area contributed by atoms with Crippen LogP contribution in [0.5, 0.6) is 0 Å². The zero-order chi connectivity index (χ0) is 24.3. The molecule has 11 heteroatoms. The lowest BCUT2D eigenvalue weighted by Crippen LogP contribution is -2.39. The van der Waals surface area contributed by atoms with Gasteiger partial charge in [0.05, 0.1) is 17.1 Å². The number of aliphatic imine (C=N–C) groups is 2. The smallest absolute Gasteiger partial charge is 0.335 e. The molecule has 0 saturated heterocycles. The van der Waals surface area contributed by atoms with Gasteiger partial charge in [0.15, 0.2) is 18.0 Å². The normalized spacial score (nSPS) is 16.3. The Morgan fingerprint density at radius 1 is 0.970 bits per heavy atom. The Bertz CT molecular complexity index is 1190. The van der Waals surface area contributed by atoms with Crippen molar-refractivity contribution in [2.45, 2.75) is 12.2 Å². The molecule has 2 aromatic rings. The van der Waals surface area contributed by atoms with E-state index in [0.29, 0.717) is 22.3 Å². The van der Waals surface area contributed by atoms with Crippen molar-refractivity contribution in [2.24, 2.45) is 9.98 Å². The highest BCUT2D eigenvalue weighted by Crippen LogP contribution is 2.33. The third kappa shape index (κ3) is 4.82. The second-order valence-corrected chi connectivity index (χ2v) is 7.25. The quantitative estimate of drug-likeness (QED) is 0.523. The van der Waals surface area contributed by atoms with Crippen molar-refractivity contribution in [3.8, 4) is 0 Å². The Balaban J connectivity index is 0.000000262. The minimum absolute atomic E-state index is 0.0794. The van der Waals surface area contributed by atoms with Crippen LogP contribution in [-0.4, -0.2) is 68.6 Å².